The maximum Gasteiger partial charge on any atom is 0.271 e. The number of nitrogens with one attached hydrogen (secondary N) is 1. The molecule has 0 spiro atoms. The molecule has 1 fully saturated rings. The van der Waals surface area contributed by atoms with Crippen LogP contribution in [0.2, 0.25) is 0 Å². The minimum atomic E-state index is -0.233. The van der Waals surface area contributed by atoms with Gasteiger partial charge in [-0.3, -0.25) is 4.79 Å². The number of carbonyl (C=O) groups excluding carboxylic acids is 1. The van der Waals surface area contributed by atoms with Crippen molar-refractivity contribution in [1.82, 2.24) is 15.5 Å². The summed E-state index contributed by atoms with van der Waals surface area (Å²) in [5, 5.41) is 10.7. The van der Waals surface area contributed by atoms with E-state index < -0.39 is 0 Å². The van der Waals surface area contributed by atoms with Crippen LogP contribution in [0.4, 0.5) is 5.82 Å². The normalized spacial score (nSPS) is 17.8. The van der Waals surface area contributed by atoms with E-state index in [1.165, 1.54) is 11.1 Å². The fraction of sp³-hybridized carbons (Fsp3) is 0.353. The monoisotopic (exact) mass is 312 g/mol. The third kappa shape index (κ3) is 3.32. The molecule has 0 saturated carbocycles. The van der Waals surface area contributed by atoms with Gasteiger partial charge in [0, 0.05) is 20.1 Å². The Bertz CT molecular complexity index is 687. The lowest BCUT2D eigenvalue weighted by Crippen LogP contribution is -2.39. The maximum absolute atomic E-state index is 11.5. The highest BCUT2D eigenvalue weighted by Crippen LogP contribution is 2.26. The Morgan fingerprint density at radius 1 is 1.26 bits per heavy atom. The molecular weight excluding hydrogens is 292 g/mol. The topological polar surface area (TPSA) is 67.4 Å². The first kappa shape index (κ1) is 15.4. The zero-order chi connectivity index (χ0) is 16.2. The van der Waals surface area contributed by atoms with Gasteiger partial charge in [0.15, 0.2) is 11.5 Å². The number of morpholine rings is 1. The van der Waals surface area contributed by atoms with Gasteiger partial charge in [-0.1, -0.05) is 24.3 Å². The molecule has 1 N–H and O–H groups in total. The maximum atomic E-state index is 11.5. The van der Waals surface area contributed by atoms with Crippen LogP contribution in [0, 0.1) is 6.92 Å². The predicted octanol–water partition coefficient (Wildman–Crippen LogP) is 1.72. The summed E-state index contributed by atoms with van der Waals surface area (Å²) < 4.78 is 5.92. The summed E-state index contributed by atoms with van der Waals surface area (Å²) in [6.45, 7) is 4.21. The highest BCUT2D eigenvalue weighted by atomic mass is 16.5. The zero-order valence-electron chi connectivity index (χ0n) is 13.3. The van der Waals surface area contributed by atoms with Gasteiger partial charge in [0.2, 0.25) is 0 Å². The smallest absolute Gasteiger partial charge is 0.271 e. The number of hydrogen-bond donors (Lipinski definition) is 1. The average Bonchev–Trinajstić information content (AvgIpc) is 2.62. The van der Waals surface area contributed by atoms with Crippen molar-refractivity contribution in [3.05, 3.63) is 53.2 Å². The van der Waals surface area contributed by atoms with Crippen molar-refractivity contribution in [2.24, 2.45) is 0 Å². The van der Waals surface area contributed by atoms with Crippen LogP contribution in [0.1, 0.15) is 27.7 Å². The van der Waals surface area contributed by atoms with E-state index in [0.717, 1.165) is 18.9 Å². The standard InChI is InChI=1S/C17H20N4O2/c1-12-5-3-4-6-13(12)15-11-21(9-10-23-15)16-8-7-14(19-20-16)17(22)18-2/h3-8,15H,9-11H2,1-2H3,(H,18,22). The Balaban J connectivity index is 1.76. The minimum absolute atomic E-state index is 0.0189. The van der Waals surface area contributed by atoms with Crippen molar-refractivity contribution in [3.8, 4) is 0 Å². The number of anilines is 1. The number of benzene rings is 1. The Hall–Kier alpha value is -2.47. The largest absolute Gasteiger partial charge is 0.370 e. The van der Waals surface area contributed by atoms with E-state index in [1.54, 1.807) is 13.1 Å². The van der Waals surface area contributed by atoms with Crippen LogP contribution in [-0.4, -0.2) is 42.8 Å². The number of hydrogen-bond acceptors (Lipinski definition) is 5. The number of carbonyl (C=O) groups is 1. The van der Waals surface area contributed by atoms with E-state index in [0.29, 0.717) is 12.3 Å². The van der Waals surface area contributed by atoms with Gasteiger partial charge >= 0.3 is 0 Å². The SMILES string of the molecule is CNC(=O)c1ccc(N2CCOC(c3ccccc3C)C2)nn1. The summed E-state index contributed by atoms with van der Waals surface area (Å²) in [5.74, 6) is 0.531. The molecule has 1 saturated heterocycles. The third-order valence-electron chi connectivity index (χ3n) is 4.04. The minimum Gasteiger partial charge on any atom is -0.370 e. The highest BCUT2D eigenvalue weighted by Gasteiger charge is 2.24. The first-order valence-electron chi connectivity index (χ1n) is 7.67. The molecule has 1 unspecified atom stereocenters. The number of rotatable bonds is 3. The summed E-state index contributed by atoms with van der Waals surface area (Å²) in [7, 11) is 1.58. The second kappa shape index (κ2) is 6.75. The van der Waals surface area contributed by atoms with Crippen molar-refractivity contribution >= 4 is 11.7 Å². The number of aromatic nitrogens is 2. The van der Waals surface area contributed by atoms with Gasteiger partial charge in [0.1, 0.15) is 6.10 Å². The van der Waals surface area contributed by atoms with E-state index in [2.05, 4.69) is 39.5 Å². The van der Waals surface area contributed by atoms with Crippen LogP contribution in [0.5, 0.6) is 0 Å². The van der Waals surface area contributed by atoms with E-state index in [4.69, 9.17) is 4.74 Å². The van der Waals surface area contributed by atoms with Gasteiger partial charge in [-0.15, -0.1) is 10.2 Å². The van der Waals surface area contributed by atoms with Crippen LogP contribution in [0.25, 0.3) is 0 Å². The summed E-state index contributed by atoms with van der Waals surface area (Å²) in [5.41, 5.74) is 2.74. The van der Waals surface area contributed by atoms with Crippen LogP contribution in [-0.2, 0) is 4.74 Å². The second-order valence-corrected chi connectivity index (χ2v) is 5.52. The van der Waals surface area contributed by atoms with Gasteiger partial charge in [-0.05, 0) is 30.2 Å². The van der Waals surface area contributed by atoms with Crippen molar-refractivity contribution in [2.45, 2.75) is 13.0 Å². The van der Waals surface area contributed by atoms with Gasteiger partial charge in [-0.2, -0.15) is 0 Å². The molecule has 1 atom stereocenters. The molecule has 1 aliphatic heterocycles. The average molecular weight is 312 g/mol. The van der Waals surface area contributed by atoms with Gasteiger partial charge in [-0.25, -0.2) is 0 Å². The highest BCUT2D eigenvalue weighted by molar-refractivity contribution is 5.91. The van der Waals surface area contributed by atoms with E-state index in [1.807, 2.05) is 18.2 Å². The number of ether oxygens (including phenoxy) is 1. The Morgan fingerprint density at radius 2 is 2.09 bits per heavy atom. The van der Waals surface area contributed by atoms with Gasteiger partial charge in [0.05, 0.1) is 6.61 Å². The Kier molecular flexibility index (Phi) is 4.52. The number of amides is 1. The van der Waals surface area contributed by atoms with Crippen molar-refractivity contribution in [2.75, 3.05) is 31.6 Å². The van der Waals surface area contributed by atoms with Crippen molar-refractivity contribution < 1.29 is 9.53 Å². The molecule has 6 heteroatoms. The lowest BCUT2D eigenvalue weighted by Gasteiger charge is -2.34. The first-order chi connectivity index (χ1) is 11.2. The molecule has 3 rings (SSSR count). The summed E-state index contributed by atoms with van der Waals surface area (Å²) in [6.07, 6.45) is 0.0189. The molecule has 2 heterocycles. The second-order valence-electron chi connectivity index (χ2n) is 5.52. The summed E-state index contributed by atoms with van der Waals surface area (Å²) in [4.78, 5) is 13.7. The van der Waals surface area contributed by atoms with E-state index in [9.17, 15) is 4.79 Å². The Morgan fingerprint density at radius 3 is 2.78 bits per heavy atom. The molecule has 1 aliphatic rings. The van der Waals surface area contributed by atoms with Crippen LogP contribution < -0.4 is 10.2 Å². The molecule has 0 bridgehead atoms. The van der Waals surface area contributed by atoms with Crippen LogP contribution >= 0.6 is 0 Å². The molecule has 0 radical (unpaired) electrons. The fourth-order valence-electron chi connectivity index (χ4n) is 2.74. The molecule has 0 aliphatic carbocycles. The van der Waals surface area contributed by atoms with Crippen LogP contribution in [0.3, 0.4) is 0 Å². The lowest BCUT2D eigenvalue weighted by atomic mass is 10.0. The summed E-state index contributed by atoms with van der Waals surface area (Å²) >= 11 is 0. The zero-order valence-corrected chi connectivity index (χ0v) is 13.3. The van der Waals surface area contributed by atoms with E-state index >= 15 is 0 Å². The molecule has 23 heavy (non-hydrogen) atoms. The lowest BCUT2D eigenvalue weighted by molar-refractivity contribution is 0.0391. The van der Waals surface area contributed by atoms with Crippen molar-refractivity contribution in [1.29, 1.82) is 0 Å². The first-order valence-corrected chi connectivity index (χ1v) is 7.67. The number of aryl methyl sites for hydroxylation is 1. The predicted molar refractivity (Wildman–Crippen MR) is 87.5 cm³/mol. The third-order valence-corrected chi connectivity index (χ3v) is 4.04. The molecular formula is C17H20N4O2. The number of nitrogens with zero attached hydrogens (tertiary/aromatic N) is 3. The summed E-state index contributed by atoms with van der Waals surface area (Å²) in [6, 6.07) is 11.8. The Labute approximate surface area is 135 Å². The van der Waals surface area contributed by atoms with Crippen molar-refractivity contribution in [3.63, 3.8) is 0 Å². The van der Waals surface area contributed by atoms with Crippen LogP contribution in [0.15, 0.2) is 36.4 Å². The van der Waals surface area contributed by atoms with Gasteiger partial charge in [0.25, 0.3) is 5.91 Å². The molecule has 1 amide bonds. The fourth-order valence-corrected chi connectivity index (χ4v) is 2.74. The van der Waals surface area contributed by atoms with Gasteiger partial charge < -0.3 is 15.0 Å². The molecule has 2 aromatic rings. The molecule has 6 nitrogen and oxygen atoms in total. The quantitative estimate of drug-likeness (QED) is 0.935. The molecule has 1 aromatic heterocycles. The molecule has 1 aromatic carbocycles. The molecule has 120 valence electrons. The van der Waals surface area contributed by atoms with E-state index in [-0.39, 0.29) is 12.0 Å².